The van der Waals surface area contributed by atoms with Crippen LogP contribution < -0.4 is 0 Å². The molecule has 5 atom stereocenters. The summed E-state index contributed by atoms with van der Waals surface area (Å²) >= 11 is 0. The SMILES string of the molecule is CCCCCCCCCCCCCCCCCCCC(=O)O[C@H](COC(=O)CCCCCCCCCCCCCCCCC)COP(=O)(O)OC[C@@H](O)COP(=O)(O)OC[C@@H](COC(=O)CCCCCCCCCCC(C)C)OC(=O)CCCCCCCCCCCCCCCCC. The van der Waals surface area contributed by atoms with Gasteiger partial charge in [0, 0.05) is 25.7 Å². The van der Waals surface area contributed by atoms with Crippen LogP contribution in [-0.4, -0.2) is 96.7 Å². The van der Waals surface area contributed by atoms with Gasteiger partial charge in [0.1, 0.15) is 19.3 Å². The molecule has 0 aliphatic heterocycles. The molecule has 0 heterocycles. The number of esters is 4. The Hall–Kier alpha value is -1.94. The zero-order valence-electron chi connectivity index (χ0n) is 63.9. The Balaban J connectivity index is 5.25. The molecule has 3 N–H and O–H groups in total. The van der Waals surface area contributed by atoms with E-state index < -0.39 is 97.5 Å². The summed E-state index contributed by atoms with van der Waals surface area (Å²) in [5.41, 5.74) is 0. The molecule has 19 heteroatoms. The number of ether oxygens (including phenoxy) is 4. The third kappa shape index (κ3) is 72.4. The minimum Gasteiger partial charge on any atom is -0.462 e. The Kier molecular flexibility index (Phi) is 70.6. The van der Waals surface area contributed by atoms with Gasteiger partial charge in [0.15, 0.2) is 12.2 Å². The van der Waals surface area contributed by atoms with Gasteiger partial charge in [-0.3, -0.25) is 37.3 Å². The lowest BCUT2D eigenvalue weighted by Crippen LogP contribution is -2.30. The summed E-state index contributed by atoms with van der Waals surface area (Å²) in [5.74, 6) is -1.38. The highest BCUT2D eigenvalue weighted by molar-refractivity contribution is 7.47. The highest BCUT2D eigenvalue weighted by Crippen LogP contribution is 2.45. The molecule has 0 fully saturated rings. The van der Waals surface area contributed by atoms with Gasteiger partial charge in [-0.15, -0.1) is 0 Å². The molecule has 98 heavy (non-hydrogen) atoms. The molecule has 0 amide bonds. The molecule has 0 saturated heterocycles. The van der Waals surface area contributed by atoms with Gasteiger partial charge in [-0.05, 0) is 31.6 Å². The number of carbonyl (C=O) groups excluding carboxylic acids is 4. The number of hydrogen-bond acceptors (Lipinski definition) is 15. The van der Waals surface area contributed by atoms with Crippen LogP contribution in [0.2, 0.25) is 0 Å². The minimum absolute atomic E-state index is 0.108. The summed E-state index contributed by atoms with van der Waals surface area (Å²) in [6.45, 7) is 7.29. The number of phosphoric ester groups is 2. The second kappa shape index (κ2) is 72.0. The van der Waals surface area contributed by atoms with Crippen molar-refractivity contribution in [3.8, 4) is 0 Å². The molecule has 17 nitrogen and oxygen atoms in total. The molecule has 582 valence electrons. The minimum atomic E-state index is -4.96. The number of aliphatic hydroxyl groups excluding tert-OH is 1. The van der Waals surface area contributed by atoms with Crippen molar-refractivity contribution in [1.82, 2.24) is 0 Å². The third-order valence-electron chi connectivity index (χ3n) is 18.5. The van der Waals surface area contributed by atoms with Crippen LogP contribution in [0.5, 0.6) is 0 Å². The van der Waals surface area contributed by atoms with Crippen LogP contribution in [0.25, 0.3) is 0 Å². The molecule has 0 bridgehead atoms. The fraction of sp³-hybridized carbons (Fsp3) is 0.949. The van der Waals surface area contributed by atoms with Crippen LogP contribution in [0.1, 0.15) is 420 Å². The Morgan fingerprint density at radius 2 is 0.469 bits per heavy atom. The Labute approximate surface area is 600 Å². The summed E-state index contributed by atoms with van der Waals surface area (Å²) in [4.78, 5) is 73.0. The normalized spacial score (nSPS) is 13.9. The predicted molar refractivity (Wildman–Crippen MR) is 400 cm³/mol. The van der Waals surface area contributed by atoms with Crippen molar-refractivity contribution in [1.29, 1.82) is 0 Å². The highest BCUT2D eigenvalue weighted by atomic mass is 31.2. The van der Waals surface area contributed by atoms with Gasteiger partial charge in [0.25, 0.3) is 0 Å². The van der Waals surface area contributed by atoms with E-state index in [4.69, 9.17) is 37.0 Å². The molecule has 0 spiro atoms. The molecule has 2 unspecified atom stereocenters. The largest absolute Gasteiger partial charge is 0.472 e. The molecule has 0 radical (unpaired) electrons. The first-order valence-corrected chi connectivity index (χ1v) is 44.1. The van der Waals surface area contributed by atoms with Gasteiger partial charge in [0.05, 0.1) is 26.4 Å². The average Bonchev–Trinajstić information content (AvgIpc) is 1.04. The van der Waals surface area contributed by atoms with Gasteiger partial charge in [0.2, 0.25) is 0 Å². The maximum atomic E-state index is 13.1. The van der Waals surface area contributed by atoms with E-state index in [1.807, 2.05) is 0 Å². The van der Waals surface area contributed by atoms with Gasteiger partial charge in [-0.1, -0.05) is 369 Å². The smallest absolute Gasteiger partial charge is 0.462 e. The number of rotatable bonds is 79. The quantitative estimate of drug-likeness (QED) is 0.0222. The molecule has 0 aromatic carbocycles. The first-order chi connectivity index (χ1) is 47.5. The lowest BCUT2D eigenvalue weighted by molar-refractivity contribution is -0.161. The number of phosphoric acid groups is 2. The molecular weight excluding hydrogens is 1280 g/mol. The van der Waals surface area contributed by atoms with Crippen LogP contribution in [0.3, 0.4) is 0 Å². The molecule has 0 aliphatic rings. The molecule has 0 aromatic heterocycles. The Bertz CT molecular complexity index is 1870. The lowest BCUT2D eigenvalue weighted by Gasteiger charge is -2.21. The van der Waals surface area contributed by atoms with Crippen LogP contribution >= 0.6 is 15.6 Å². The summed E-state index contributed by atoms with van der Waals surface area (Å²) in [7, 11) is -9.92. The van der Waals surface area contributed by atoms with Crippen molar-refractivity contribution in [3.63, 3.8) is 0 Å². The van der Waals surface area contributed by atoms with Crippen molar-refractivity contribution in [3.05, 3.63) is 0 Å². The second-order valence-electron chi connectivity index (χ2n) is 28.9. The van der Waals surface area contributed by atoms with Crippen molar-refractivity contribution >= 4 is 39.5 Å². The van der Waals surface area contributed by atoms with E-state index in [0.29, 0.717) is 25.7 Å². The summed E-state index contributed by atoms with van der Waals surface area (Å²) in [5, 5.41) is 10.6. The van der Waals surface area contributed by atoms with Crippen molar-refractivity contribution < 1.29 is 80.2 Å². The monoisotopic (exact) mass is 1440 g/mol. The first kappa shape index (κ1) is 96.1. The third-order valence-corrected chi connectivity index (χ3v) is 20.4. The van der Waals surface area contributed by atoms with E-state index in [1.165, 1.54) is 244 Å². The molecular formula is C79H154O17P2. The fourth-order valence-corrected chi connectivity index (χ4v) is 13.8. The number of hydrogen-bond donors (Lipinski definition) is 3. The predicted octanol–water partition coefficient (Wildman–Crippen LogP) is 23.6. The van der Waals surface area contributed by atoms with Gasteiger partial charge < -0.3 is 33.8 Å². The number of carbonyl (C=O) groups is 4. The van der Waals surface area contributed by atoms with E-state index in [1.54, 1.807) is 0 Å². The Morgan fingerprint density at radius 1 is 0.276 bits per heavy atom. The number of aliphatic hydroxyl groups is 1. The summed E-state index contributed by atoms with van der Waals surface area (Å²) < 4.78 is 68.7. The highest BCUT2D eigenvalue weighted by Gasteiger charge is 2.30. The van der Waals surface area contributed by atoms with Crippen molar-refractivity contribution in [2.75, 3.05) is 39.6 Å². The zero-order chi connectivity index (χ0) is 71.9. The zero-order valence-corrected chi connectivity index (χ0v) is 65.7. The molecule has 0 saturated carbocycles. The molecule has 0 aromatic rings. The summed E-state index contributed by atoms with van der Waals surface area (Å²) in [6.07, 6.45) is 62.3. The van der Waals surface area contributed by atoms with Gasteiger partial charge >= 0.3 is 39.5 Å². The second-order valence-corrected chi connectivity index (χ2v) is 31.8. The van der Waals surface area contributed by atoms with Crippen LogP contribution in [0, 0.1) is 5.92 Å². The Morgan fingerprint density at radius 3 is 0.694 bits per heavy atom. The maximum absolute atomic E-state index is 13.1. The van der Waals surface area contributed by atoms with Crippen LogP contribution in [0.4, 0.5) is 0 Å². The van der Waals surface area contributed by atoms with Gasteiger partial charge in [-0.2, -0.15) is 0 Å². The van der Waals surface area contributed by atoms with E-state index in [-0.39, 0.29) is 25.7 Å². The molecule has 0 rings (SSSR count). The fourth-order valence-electron chi connectivity index (χ4n) is 12.2. The van der Waals surface area contributed by atoms with Crippen LogP contribution in [0.15, 0.2) is 0 Å². The van der Waals surface area contributed by atoms with Crippen molar-refractivity contribution in [2.24, 2.45) is 5.92 Å². The first-order valence-electron chi connectivity index (χ1n) is 41.1. The maximum Gasteiger partial charge on any atom is 0.472 e. The van der Waals surface area contributed by atoms with Crippen molar-refractivity contribution in [2.45, 2.75) is 438 Å². The standard InChI is InChI=1S/C79H154O17P2/c1-6-9-12-15-18-21-24-27-30-31-34-37-40-43-50-55-60-65-78(83)95-74(68-89-76(81)62-57-52-47-41-38-35-32-28-25-22-19-16-13-10-7-2)70-93-97(85,86)91-66-73(80)67-92-98(87,88)94-71-75(69-90-77(82)63-58-53-48-45-44-46-51-56-61-72(4)5)96-79(84)64-59-54-49-42-39-36-33-29-26-23-20-17-14-11-8-3/h72-75,80H,6-71H2,1-5H3,(H,85,86)(H,87,88)/t73-,74-,75-/m1/s1. The topological polar surface area (TPSA) is 237 Å². The van der Waals surface area contributed by atoms with E-state index in [9.17, 15) is 43.2 Å². The van der Waals surface area contributed by atoms with E-state index >= 15 is 0 Å². The molecule has 0 aliphatic carbocycles. The van der Waals surface area contributed by atoms with Gasteiger partial charge in [-0.25, -0.2) is 9.13 Å². The number of unbranched alkanes of at least 4 members (excludes halogenated alkanes) is 51. The van der Waals surface area contributed by atoms with E-state index in [2.05, 4.69) is 34.6 Å². The summed E-state index contributed by atoms with van der Waals surface area (Å²) in [6, 6.07) is 0. The van der Waals surface area contributed by atoms with E-state index in [0.717, 1.165) is 95.8 Å². The average molecular weight is 1440 g/mol. The lowest BCUT2D eigenvalue weighted by atomic mass is 10.0. The van der Waals surface area contributed by atoms with Crippen LogP contribution in [-0.2, 0) is 65.4 Å².